The van der Waals surface area contributed by atoms with Crippen LogP contribution in [0, 0.1) is 5.82 Å². The Morgan fingerprint density at radius 2 is 2.24 bits per heavy atom. The highest BCUT2D eigenvalue weighted by Crippen LogP contribution is 2.17. The Hall–Kier alpha value is -2.70. The lowest BCUT2D eigenvalue weighted by atomic mass is 10.0. The molecule has 1 aromatic heterocycles. The predicted octanol–water partition coefficient (Wildman–Crippen LogP) is 2.17. The van der Waals surface area contributed by atoms with Crippen molar-refractivity contribution in [2.24, 2.45) is 0 Å². The highest BCUT2D eigenvalue weighted by Gasteiger charge is 2.27. The lowest BCUT2D eigenvalue weighted by Gasteiger charge is -2.35. The molecule has 2 amide bonds. The second-order valence-corrected chi connectivity index (χ2v) is 6.12. The molecule has 0 aliphatic carbocycles. The lowest BCUT2D eigenvalue weighted by Crippen LogP contribution is -2.49. The van der Waals surface area contributed by atoms with E-state index in [1.165, 1.54) is 24.4 Å². The number of hydrogen-bond donors (Lipinski definition) is 1. The highest BCUT2D eigenvalue weighted by atomic mass is 19.1. The first-order valence-electron chi connectivity index (χ1n) is 8.36. The molecular weight excluding hydrogens is 325 g/mol. The monoisotopic (exact) mass is 345 g/mol. The SMILES string of the molecule is O=C(NC[C@H](Cc1cccc(F)c1)N1CCCCC1=O)c1ccno1. The second kappa shape index (κ2) is 7.92. The molecule has 1 fully saturated rings. The van der Waals surface area contributed by atoms with E-state index >= 15 is 0 Å². The number of piperidine rings is 1. The Morgan fingerprint density at radius 1 is 1.36 bits per heavy atom. The van der Waals surface area contributed by atoms with Gasteiger partial charge < -0.3 is 14.7 Å². The van der Waals surface area contributed by atoms with E-state index < -0.39 is 0 Å². The normalized spacial score (nSPS) is 15.9. The van der Waals surface area contributed by atoms with E-state index in [0.29, 0.717) is 19.4 Å². The van der Waals surface area contributed by atoms with Crippen LogP contribution >= 0.6 is 0 Å². The van der Waals surface area contributed by atoms with Gasteiger partial charge in [-0.3, -0.25) is 9.59 Å². The number of aromatic nitrogens is 1. The van der Waals surface area contributed by atoms with E-state index in [-0.39, 0.29) is 36.0 Å². The number of benzene rings is 1. The third kappa shape index (κ3) is 4.43. The predicted molar refractivity (Wildman–Crippen MR) is 88.3 cm³/mol. The van der Waals surface area contributed by atoms with Gasteiger partial charge in [0.15, 0.2) is 0 Å². The molecule has 132 valence electrons. The average Bonchev–Trinajstić information content (AvgIpc) is 3.14. The maximum absolute atomic E-state index is 13.5. The van der Waals surface area contributed by atoms with Crippen LogP contribution in [0.15, 0.2) is 41.1 Å². The third-order valence-electron chi connectivity index (χ3n) is 4.32. The molecule has 0 unspecified atom stereocenters. The van der Waals surface area contributed by atoms with Crippen LogP contribution in [0.4, 0.5) is 4.39 Å². The molecular formula is C18H20FN3O3. The van der Waals surface area contributed by atoms with E-state index in [1.54, 1.807) is 11.0 Å². The summed E-state index contributed by atoms with van der Waals surface area (Å²) in [5.41, 5.74) is 0.789. The highest BCUT2D eigenvalue weighted by molar-refractivity contribution is 5.91. The molecule has 0 radical (unpaired) electrons. The third-order valence-corrected chi connectivity index (χ3v) is 4.32. The number of nitrogens with one attached hydrogen (secondary N) is 1. The Kier molecular flexibility index (Phi) is 5.42. The van der Waals surface area contributed by atoms with Gasteiger partial charge in [-0.2, -0.15) is 0 Å². The van der Waals surface area contributed by atoms with Crippen LogP contribution in [0.25, 0.3) is 0 Å². The summed E-state index contributed by atoms with van der Waals surface area (Å²) >= 11 is 0. The molecule has 0 spiro atoms. The van der Waals surface area contributed by atoms with Gasteiger partial charge in [-0.25, -0.2) is 4.39 Å². The summed E-state index contributed by atoms with van der Waals surface area (Å²) in [5.74, 6) is -0.505. The summed E-state index contributed by atoms with van der Waals surface area (Å²) in [6.07, 6.45) is 4.19. The van der Waals surface area contributed by atoms with Crippen molar-refractivity contribution in [3.63, 3.8) is 0 Å². The molecule has 1 aliphatic rings. The van der Waals surface area contributed by atoms with Crippen LogP contribution in [-0.4, -0.2) is 41.0 Å². The average molecular weight is 345 g/mol. The largest absolute Gasteiger partial charge is 0.351 e. The van der Waals surface area contributed by atoms with Crippen molar-refractivity contribution in [1.29, 1.82) is 0 Å². The molecule has 0 bridgehead atoms. The number of hydrogen-bond acceptors (Lipinski definition) is 4. The Balaban J connectivity index is 1.71. The molecule has 1 N–H and O–H groups in total. The molecule has 0 saturated carbocycles. The number of nitrogens with zero attached hydrogens (tertiary/aromatic N) is 2. The van der Waals surface area contributed by atoms with Crippen LogP contribution in [0.3, 0.4) is 0 Å². The quantitative estimate of drug-likeness (QED) is 0.871. The van der Waals surface area contributed by atoms with Crippen LogP contribution in [0.5, 0.6) is 0 Å². The second-order valence-electron chi connectivity index (χ2n) is 6.12. The van der Waals surface area contributed by atoms with Crippen molar-refractivity contribution in [1.82, 2.24) is 15.4 Å². The fraction of sp³-hybridized carbons (Fsp3) is 0.389. The molecule has 1 atom stereocenters. The Labute approximate surface area is 145 Å². The minimum absolute atomic E-state index is 0.0709. The van der Waals surface area contributed by atoms with Gasteiger partial charge in [0.25, 0.3) is 5.91 Å². The van der Waals surface area contributed by atoms with Crippen molar-refractivity contribution < 1.29 is 18.5 Å². The number of amides is 2. The summed E-state index contributed by atoms with van der Waals surface area (Å²) < 4.78 is 18.3. The first kappa shape index (κ1) is 17.1. The van der Waals surface area contributed by atoms with Gasteiger partial charge in [-0.1, -0.05) is 17.3 Å². The molecule has 25 heavy (non-hydrogen) atoms. The van der Waals surface area contributed by atoms with Crippen molar-refractivity contribution >= 4 is 11.8 Å². The maximum Gasteiger partial charge on any atom is 0.289 e. The van der Waals surface area contributed by atoms with E-state index in [9.17, 15) is 14.0 Å². The fourth-order valence-corrected chi connectivity index (χ4v) is 3.07. The van der Waals surface area contributed by atoms with Crippen LogP contribution in [0.2, 0.25) is 0 Å². The van der Waals surface area contributed by atoms with Crippen LogP contribution in [0.1, 0.15) is 35.4 Å². The number of carbonyl (C=O) groups is 2. The van der Waals surface area contributed by atoms with Gasteiger partial charge in [0.05, 0.1) is 12.2 Å². The van der Waals surface area contributed by atoms with Gasteiger partial charge in [0.1, 0.15) is 5.82 Å². The fourth-order valence-electron chi connectivity index (χ4n) is 3.07. The van der Waals surface area contributed by atoms with Gasteiger partial charge >= 0.3 is 0 Å². The number of likely N-dealkylation sites (tertiary alicyclic amines) is 1. The molecule has 1 saturated heterocycles. The molecule has 1 aromatic carbocycles. The van der Waals surface area contributed by atoms with Gasteiger partial charge in [0.2, 0.25) is 11.7 Å². The molecule has 6 nitrogen and oxygen atoms in total. The lowest BCUT2D eigenvalue weighted by molar-refractivity contribution is -0.135. The van der Waals surface area contributed by atoms with Crippen molar-refractivity contribution in [3.05, 3.63) is 53.7 Å². The maximum atomic E-state index is 13.5. The minimum Gasteiger partial charge on any atom is -0.351 e. The van der Waals surface area contributed by atoms with Gasteiger partial charge in [0, 0.05) is 25.6 Å². The number of carbonyl (C=O) groups excluding carboxylic acids is 2. The molecule has 1 aliphatic heterocycles. The van der Waals surface area contributed by atoms with Crippen molar-refractivity contribution in [2.45, 2.75) is 31.7 Å². The van der Waals surface area contributed by atoms with E-state index in [4.69, 9.17) is 4.52 Å². The van der Waals surface area contributed by atoms with Crippen LogP contribution < -0.4 is 5.32 Å². The zero-order valence-corrected chi connectivity index (χ0v) is 13.8. The number of rotatable bonds is 6. The van der Waals surface area contributed by atoms with Gasteiger partial charge in [-0.05, 0) is 37.0 Å². The summed E-state index contributed by atoms with van der Waals surface area (Å²) in [4.78, 5) is 26.1. The minimum atomic E-state index is -0.383. The molecule has 2 heterocycles. The van der Waals surface area contributed by atoms with Crippen molar-refractivity contribution in [3.8, 4) is 0 Å². The smallest absolute Gasteiger partial charge is 0.289 e. The van der Waals surface area contributed by atoms with E-state index in [1.807, 2.05) is 6.07 Å². The topological polar surface area (TPSA) is 75.4 Å². The van der Waals surface area contributed by atoms with E-state index in [0.717, 1.165) is 18.4 Å². The molecule has 7 heteroatoms. The van der Waals surface area contributed by atoms with Gasteiger partial charge in [-0.15, -0.1) is 0 Å². The summed E-state index contributed by atoms with van der Waals surface area (Å²) in [6, 6.07) is 7.55. The molecule has 3 rings (SSSR count). The summed E-state index contributed by atoms with van der Waals surface area (Å²) in [6.45, 7) is 0.915. The summed E-state index contributed by atoms with van der Waals surface area (Å²) in [5, 5.41) is 6.29. The van der Waals surface area contributed by atoms with Crippen LogP contribution in [-0.2, 0) is 11.2 Å². The standard InChI is InChI=1S/C18H20FN3O3/c19-14-5-3-4-13(10-14)11-15(22-9-2-1-6-17(22)23)12-20-18(24)16-7-8-21-25-16/h3-5,7-8,10,15H,1-2,6,9,11-12H2,(H,20,24)/t15-/m0/s1. The first-order chi connectivity index (χ1) is 12.1. The van der Waals surface area contributed by atoms with E-state index in [2.05, 4.69) is 10.5 Å². The Bertz CT molecular complexity index is 733. The summed E-state index contributed by atoms with van der Waals surface area (Å²) in [7, 11) is 0. The van der Waals surface area contributed by atoms with Crippen molar-refractivity contribution in [2.75, 3.05) is 13.1 Å². The molecule has 2 aromatic rings. The zero-order chi connectivity index (χ0) is 17.6. The zero-order valence-electron chi connectivity index (χ0n) is 13.8. The Morgan fingerprint density at radius 3 is 2.96 bits per heavy atom. The number of halogens is 1. The first-order valence-corrected chi connectivity index (χ1v) is 8.36.